The molecule has 1 atom stereocenters. The molecular formula is C11H12BrNOS. The molecule has 1 saturated heterocycles. The minimum atomic E-state index is -0.0468. The van der Waals surface area contributed by atoms with Crippen LogP contribution in [0.3, 0.4) is 0 Å². The molecule has 0 saturated carbocycles. The van der Waals surface area contributed by atoms with Crippen LogP contribution in [0, 0.1) is 0 Å². The van der Waals surface area contributed by atoms with E-state index in [2.05, 4.69) is 33.5 Å². The predicted molar refractivity (Wildman–Crippen MR) is 68.5 cm³/mol. The fourth-order valence-corrected chi connectivity index (χ4v) is 2.50. The Hall–Kier alpha value is -0.480. The highest BCUT2D eigenvalue weighted by molar-refractivity contribution is 9.10. The van der Waals surface area contributed by atoms with Crippen molar-refractivity contribution >= 4 is 39.4 Å². The largest absolute Gasteiger partial charge is 0.361 e. The van der Waals surface area contributed by atoms with E-state index in [1.807, 2.05) is 24.3 Å². The summed E-state index contributed by atoms with van der Waals surface area (Å²) in [6.07, 6.45) is 1.98. The first-order valence-corrected chi connectivity index (χ1v) is 6.17. The Kier molecular flexibility index (Phi) is 3.36. The summed E-state index contributed by atoms with van der Waals surface area (Å²) in [7, 11) is 0. The number of benzene rings is 1. The predicted octanol–water partition coefficient (Wildman–Crippen LogP) is 2.87. The zero-order valence-electron chi connectivity index (χ0n) is 8.19. The van der Waals surface area contributed by atoms with Crippen molar-refractivity contribution in [2.45, 2.75) is 18.9 Å². The third kappa shape index (κ3) is 2.37. The average molecular weight is 286 g/mol. The van der Waals surface area contributed by atoms with E-state index >= 15 is 0 Å². The maximum absolute atomic E-state index is 11.3. The molecule has 1 fully saturated rings. The van der Waals surface area contributed by atoms with Gasteiger partial charge in [0.1, 0.15) is 0 Å². The van der Waals surface area contributed by atoms with Crippen LogP contribution in [0.1, 0.15) is 12.8 Å². The van der Waals surface area contributed by atoms with Gasteiger partial charge in [-0.25, -0.2) is 0 Å². The maximum Gasteiger partial charge on any atom is 0.208 e. The van der Waals surface area contributed by atoms with Crippen LogP contribution < -0.4 is 4.90 Å². The fraction of sp³-hybridized carbons (Fsp3) is 0.364. The van der Waals surface area contributed by atoms with Crippen molar-refractivity contribution in [3.05, 3.63) is 28.7 Å². The van der Waals surface area contributed by atoms with Crippen LogP contribution in [-0.2, 0) is 4.79 Å². The quantitative estimate of drug-likeness (QED) is 0.844. The van der Waals surface area contributed by atoms with Crippen molar-refractivity contribution in [1.29, 1.82) is 0 Å². The van der Waals surface area contributed by atoms with Gasteiger partial charge < -0.3 is 4.90 Å². The Morgan fingerprint density at radius 1 is 1.40 bits per heavy atom. The van der Waals surface area contributed by atoms with Gasteiger partial charge in [-0.3, -0.25) is 4.79 Å². The average Bonchev–Trinajstić information content (AvgIpc) is 2.67. The molecule has 1 aromatic rings. The van der Waals surface area contributed by atoms with Gasteiger partial charge in [-0.1, -0.05) is 15.9 Å². The summed E-state index contributed by atoms with van der Waals surface area (Å²) in [6, 6.07) is 7.99. The van der Waals surface area contributed by atoms with Gasteiger partial charge in [0.2, 0.25) is 5.12 Å². The van der Waals surface area contributed by atoms with Crippen LogP contribution in [0.2, 0.25) is 0 Å². The van der Waals surface area contributed by atoms with E-state index in [1.165, 1.54) is 0 Å². The van der Waals surface area contributed by atoms with Gasteiger partial charge in [0.05, 0.1) is 6.04 Å². The Morgan fingerprint density at radius 2 is 2.07 bits per heavy atom. The molecule has 1 heterocycles. The Labute approximate surface area is 103 Å². The van der Waals surface area contributed by atoms with Gasteiger partial charge in [0.25, 0.3) is 0 Å². The lowest BCUT2D eigenvalue weighted by Gasteiger charge is -2.24. The monoisotopic (exact) mass is 285 g/mol. The summed E-state index contributed by atoms with van der Waals surface area (Å²) < 4.78 is 1.05. The van der Waals surface area contributed by atoms with E-state index in [1.54, 1.807) is 0 Å². The first kappa shape index (κ1) is 11.0. The second kappa shape index (κ2) is 4.58. The number of anilines is 1. The summed E-state index contributed by atoms with van der Waals surface area (Å²) in [5, 5.41) is -0.0320. The van der Waals surface area contributed by atoms with Crippen molar-refractivity contribution in [1.82, 2.24) is 0 Å². The Bertz CT molecular complexity index is 365. The van der Waals surface area contributed by atoms with Crippen LogP contribution >= 0.6 is 28.6 Å². The molecule has 1 unspecified atom stereocenters. The normalized spacial score (nSPS) is 20.7. The molecule has 0 aromatic heterocycles. The highest BCUT2D eigenvalue weighted by atomic mass is 79.9. The number of nitrogens with zero attached hydrogens (tertiary/aromatic N) is 1. The van der Waals surface area contributed by atoms with Gasteiger partial charge in [-0.05, 0) is 37.1 Å². The van der Waals surface area contributed by atoms with E-state index < -0.39 is 0 Å². The molecule has 1 aliphatic heterocycles. The third-order valence-corrected chi connectivity index (χ3v) is 3.52. The van der Waals surface area contributed by atoms with E-state index in [0.717, 1.165) is 29.5 Å². The van der Waals surface area contributed by atoms with Crippen molar-refractivity contribution in [2.24, 2.45) is 0 Å². The van der Waals surface area contributed by atoms with Crippen molar-refractivity contribution in [3.63, 3.8) is 0 Å². The van der Waals surface area contributed by atoms with Gasteiger partial charge in [-0.2, -0.15) is 0 Å². The molecule has 2 nitrogen and oxygen atoms in total. The van der Waals surface area contributed by atoms with Crippen LogP contribution in [-0.4, -0.2) is 17.7 Å². The third-order valence-electron chi connectivity index (χ3n) is 2.70. The SMILES string of the molecule is O=C(S)C1CCCN1c1ccc(Br)cc1. The number of thiol groups is 1. The standard InChI is InChI=1S/C11H12BrNOS/c12-8-3-5-9(6-4-8)13-7-1-2-10(13)11(14)15/h3-6,10H,1-2,7H2,(H,14,15). The molecule has 0 bridgehead atoms. The molecule has 1 aliphatic rings. The van der Waals surface area contributed by atoms with E-state index in [0.29, 0.717) is 0 Å². The summed E-state index contributed by atoms with van der Waals surface area (Å²) in [6.45, 7) is 0.943. The summed E-state index contributed by atoms with van der Waals surface area (Å²) in [5.41, 5.74) is 1.10. The van der Waals surface area contributed by atoms with Gasteiger partial charge in [-0.15, -0.1) is 12.6 Å². The molecule has 0 radical (unpaired) electrons. The maximum atomic E-state index is 11.3. The number of carbonyl (C=O) groups excluding carboxylic acids is 1. The highest BCUT2D eigenvalue weighted by Gasteiger charge is 2.28. The first-order chi connectivity index (χ1) is 7.18. The number of hydrogen-bond donors (Lipinski definition) is 1. The van der Waals surface area contributed by atoms with Crippen molar-refractivity contribution < 1.29 is 4.79 Å². The topological polar surface area (TPSA) is 20.3 Å². The molecule has 0 spiro atoms. The Balaban J connectivity index is 2.22. The highest BCUT2D eigenvalue weighted by Crippen LogP contribution is 2.27. The van der Waals surface area contributed by atoms with Crippen LogP contribution in [0.5, 0.6) is 0 Å². The molecular weight excluding hydrogens is 274 g/mol. The first-order valence-electron chi connectivity index (χ1n) is 4.93. The van der Waals surface area contributed by atoms with Gasteiger partial charge in [0.15, 0.2) is 0 Å². The molecule has 4 heteroatoms. The van der Waals surface area contributed by atoms with E-state index in [-0.39, 0.29) is 11.2 Å². The lowest BCUT2D eigenvalue weighted by Crippen LogP contribution is -2.33. The number of carbonyl (C=O) groups is 1. The summed E-state index contributed by atoms with van der Waals surface area (Å²) in [4.78, 5) is 13.4. The fourth-order valence-electron chi connectivity index (χ4n) is 1.97. The lowest BCUT2D eigenvalue weighted by molar-refractivity contribution is -0.111. The Morgan fingerprint density at radius 3 is 2.67 bits per heavy atom. The molecule has 2 rings (SSSR count). The van der Waals surface area contributed by atoms with Crippen molar-refractivity contribution in [2.75, 3.05) is 11.4 Å². The van der Waals surface area contributed by atoms with Crippen LogP contribution in [0.4, 0.5) is 5.69 Å². The summed E-state index contributed by atoms with van der Waals surface area (Å²) >= 11 is 7.33. The molecule has 0 N–H and O–H groups in total. The van der Waals surface area contributed by atoms with Crippen LogP contribution in [0.15, 0.2) is 28.7 Å². The molecule has 80 valence electrons. The minimum Gasteiger partial charge on any atom is -0.361 e. The molecule has 0 aliphatic carbocycles. The second-order valence-corrected chi connectivity index (χ2v) is 5.02. The van der Waals surface area contributed by atoms with E-state index in [4.69, 9.17) is 0 Å². The van der Waals surface area contributed by atoms with Crippen LogP contribution in [0.25, 0.3) is 0 Å². The smallest absolute Gasteiger partial charge is 0.208 e. The zero-order valence-corrected chi connectivity index (χ0v) is 10.7. The number of halogens is 1. The van der Waals surface area contributed by atoms with Gasteiger partial charge in [0, 0.05) is 16.7 Å². The molecule has 1 aromatic carbocycles. The minimum absolute atomic E-state index is 0.0320. The number of hydrogen-bond acceptors (Lipinski definition) is 2. The second-order valence-electron chi connectivity index (χ2n) is 3.67. The molecule has 15 heavy (non-hydrogen) atoms. The lowest BCUT2D eigenvalue weighted by atomic mass is 10.2. The van der Waals surface area contributed by atoms with Gasteiger partial charge >= 0.3 is 0 Å². The summed E-state index contributed by atoms with van der Waals surface area (Å²) in [5.74, 6) is 0. The number of rotatable bonds is 2. The van der Waals surface area contributed by atoms with E-state index in [9.17, 15) is 4.79 Å². The van der Waals surface area contributed by atoms with Crippen molar-refractivity contribution in [3.8, 4) is 0 Å². The molecule has 0 amide bonds. The zero-order chi connectivity index (χ0) is 10.8.